The average molecular weight is 303 g/mol. The van der Waals surface area contributed by atoms with Crippen LogP contribution in [-0.2, 0) is 4.79 Å². The maximum Gasteiger partial charge on any atom is 0.344 e. The van der Waals surface area contributed by atoms with Gasteiger partial charge < -0.3 is 14.9 Å². The van der Waals surface area contributed by atoms with Gasteiger partial charge >= 0.3 is 11.9 Å². The summed E-state index contributed by atoms with van der Waals surface area (Å²) in [4.78, 5) is 21.5. The Hall–Kier alpha value is -1.56. The second kappa shape index (κ2) is 5.67. The van der Waals surface area contributed by atoms with E-state index >= 15 is 0 Å². The highest BCUT2D eigenvalue weighted by Crippen LogP contribution is 2.27. The highest BCUT2D eigenvalue weighted by Gasteiger charge is 2.18. The van der Waals surface area contributed by atoms with E-state index in [4.69, 9.17) is 14.9 Å². The van der Waals surface area contributed by atoms with E-state index < -0.39 is 18.0 Å². The molecule has 6 heteroatoms. The van der Waals surface area contributed by atoms with Gasteiger partial charge in [0.2, 0.25) is 0 Å². The molecule has 0 aromatic heterocycles. The van der Waals surface area contributed by atoms with Crippen molar-refractivity contribution in [1.82, 2.24) is 0 Å². The summed E-state index contributed by atoms with van der Waals surface area (Å²) in [6.45, 7) is 1.69. The molecule has 0 heterocycles. The minimum absolute atomic E-state index is 0.104. The second-order valence-electron chi connectivity index (χ2n) is 3.30. The van der Waals surface area contributed by atoms with Crippen LogP contribution in [0.2, 0.25) is 0 Å². The van der Waals surface area contributed by atoms with Crippen LogP contribution >= 0.6 is 15.9 Å². The first-order valence-electron chi connectivity index (χ1n) is 4.88. The zero-order valence-electron chi connectivity index (χ0n) is 9.01. The summed E-state index contributed by atoms with van der Waals surface area (Å²) in [5.41, 5.74) is 0.104. The normalized spacial score (nSPS) is 11.9. The van der Waals surface area contributed by atoms with E-state index in [1.165, 1.54) is 18.2 Å². The minimum Gasteiger partial charge on any atom is -0.479 e. The number of carbonyl (C=O) groups is 2. The lowest BCUT2D eigenvalue weighted by molar-refractivity contribution is -0.145. The molecule has 1 aromatic rings. The zero-order chi connectivity index (χ0) is 13.0. The lowest BCUT2D eigenvalue weighted by Gasteiger charge is -2.14. The molecule has 0 aliphatic heterocycles. The van der Waals surface area contributed by atoms with E-state index in [9.17, 15) is 9.59 Å². The smallest absolute Gasteiger partial charge is 0.344 e. The first kappa shape index (κ1) is 13.5. The lowest BCUT2D eigenvalue weighted by atomic mass is 10.2. The van der Waals surface area contributed by atoms with Gasteiger partial charge in [0.05, 0.1) is 10.0 Å². The summed E-state index contributed by atoms with van der Waals surface area (Å²) < 4.78 is 5.67. The fraction of sp³-hybridized carbons (Fsp3) is 0.273. The van der Waals surface area contributed by atoms with Gasteiger partial charge in [-0.2, -0.15) is 0 Å². The number of carboxylic acids is 2. The molecule has 0 aliphatic rings. The van der Waals surface area contributed by atoms with E-state index in [1.54, 1.807) is 6.92 Å². The number of hydrogen-bond donors (Lipinski definition) is 2. The summed E-state index contributed by atoms with van der Waals surface area (Å²) >= 11 is 3.14. The number of aromatic carboxylic acids is 1. The van der Waals surface area contributed by atoms with Gasteiger partial charge in [-0.05, 0) is 40.5 Å². The quantitative estimate of drug-likeness (QED) is 0.872. The number of aliphatic carboxylic acids is 1. The van der Waals surface area contributed by atoms with Crippen LogP contribution in [0.5, 0.6) is 5.75 Å². The Labute approximate surface area is 106 Å². The fourth-order valence-corrected chi connectivity index (χ4v) is 1.66. The SMILES string of the molecule is CCC(Oc1ccc(C(=O)O)cc1Br)C(=O)O. The number of ether oxygens (including phenoxy) is 1. The van der Waals surface area contributed by atoms with Gasteiger partial charge in [0.15, 0.2) is 6.10 Å². The molecule has 2 N–H and O–H groups in total. The monoisotopic (exact) mass is 302 g/mol. The topological polar surface area (TPSA) is 83.8 Å². The third-order valence-corrected chi connectivity index (χ3v) is 2.71. The largest absolute Gasteiger partial charge is 0.479 e. The van der Waals surface area contributed by atoms with Crippen LogP contribution in [0, 0.1) is 0 Å². The number of benzene rings is 1. The molecule has 0 aliphatic carbocycles. The second-order valence-corrected chi connectivity index (χ2v) is 4.16. The first-order valence-corrected chi connectivity index (χ1v) is 5.67. The van der Waals surface area contributed by atoms with E-state index in [0.29, 0.717) is 16.6 Å². The summed E-state index contributed by atoms with van der Waals surface area (Å²) in [6, 6.07) is 4.16. The Balaban J connectivity index is 2.93. The lowest BCUT2D eigenvalue weighted by Crippen LogP contribution is -2.26. The van der Waals surface area contributed by atoms with Crippen molar-refractivity contribution >= 4 is 27.9 Å². The van der Waals surface area contributed by atoms with E-state index in [2.05, 4.69) is 15.9 Å². The summed E-state index contributed by atoms with van der Waals surface area (Å²) in [7, 11) is 0. The molecule has 0 radical (unpaired) electrons. The molecule has 0 saturated carbocycles. The molecule has 1 aromatic carbocycles. The molecule has 0 bridgehead atoms. The van der Waals surface area contributed by atoms with Gasteiger partial charge in [0.25, 0.3) is 0 Å². The molecule has 0 spiro atoms. The van der Waals surface area contributed by atoms with Crippen LogP contribution in [0.3, 0.4) is 0 Å². The molecule has 0 saturated heterocycles. The van der Waals surface area contributed by atoms with Crippen LogP contribution in [-0.4, -0.2) is 28.3 Å². The van der Waals surface area contributed by atoms with Gasteiger partial charge in [-0.15, -0.1) is 0 Å². The Morgan fingerprint density at radius 2 is 2.06 bits per heavy atom. The number of rotatable bonds is 5. The highest BCUT2D eigenvalue weighted by atomic mass is 79.9. The first-order chi connectivity index (χ1) is 7.95. The van der Waals surface area contributed by atoms with Crippen molar-refractivity contribution in [3.05, 3.63) is 28.2 Å². The van der Waals surface area contributed by atoms with Gasteiger partial charge in [-0.3, -0.25) is 0 Å². The van der Waals surface area contributed by atoms with E-state index in [-0.39, 0.29) is 5.56 Å². The van der Waals surface area contributed by atoms with Crippen LogP contribution in [0.4, 0.5) is 0 Å². The standard InChI is InChI=1S/C11H11BrO5/c1-2-8(11(15)16)17-9-4-3-6(10(13)14)5-7(9)12/h3-5,8H,2H2,1H3,(H,13,14)(H,15,16). The molecule has 17 heavy (non-hydrogen) atoms. The minimum atomic E-state index is -1.05. The fourth-order valence-electron chi connectivity index (χ4n) is 1.19. The van der Waals surface area contributed by atoms with Crippen LogP contribution in [0.15, 0.2) is 22.7 Å². The van der Waals surface area contributed by atoms with Gasteiger partial charge in [-0.25, -0.2) is 9.59 Å². The predicted octanol–water partition coefficient (Wildman–Crippen LogP) is 2.39. The highest BCUT2D eigenvalue weighted by molar-refractivity contribution is 9.10. The number of carboxylic acid groups (broad SMARTS) is 2. The van der Waals surface area contributed by atoms with Crippen molar-refractivity contribution in [3.63, 3.8) is 0 Å². The van der Waals surface area contributed by atoms with Crippen LogP contribution in [0.25, 0.3) is 0 Å². The maximum absolute atomic E-state index is 10.8. The van der Waals surface area contributed by atoms with Crippen molar-refractivity contribution in [3.8, 4) is 5.75 Å². The average Bonchev–Trinajstić information content (AvgIpc) is 2.26. The Bertz CT molecular complexity index is 443. The van der Waals surface area contributed by atoms with Crippen LogP contribution < -0.4 is 4.74 Å². The molecule has 5 nitrogen and oxygen atoms in total. The van der Waals surface area contributed by atoms with Gasteiger partial charge in [0.1, 0.15) is 5.75 Å². The van der Waals surface area contributed by atoms with E-state index in [1.807, 2.05) is 0 Å². The van der Waals surface area contributed by atoms with Crippen molar-refractivity contribution in [2.45, 2.75) is 19.4 Å². The predicted molar refractivity (Wildman–Crippen MR) is 63.4 cm³/mol. The van der Waals surface area contributed by atoms with Gasteiger partial charge in [0, 0.05) is 0 Å². The molecule has 1 atom stereocenters. The van der Waals surface area contributed by atoms with Crippen molar-refractivity contribution in [2.24, 2.45) is 0 Å². The summed E-state index contributed by atoms with van der Waals surface area (Å²) in [6.07, 6.45) is -0.621. The molecular formula is C11H11BrO5. The Morgan fingerprint density at radius 1 is 1.41 bits per heavy atom. The zero-order valence-corrected chi connectivity index (χ0v) is 10.6. The summed E-state index contributed by atoms with van der Waals surface area (Å²) in [5, 5.41) is 17.6. The molecule has 1 rings (SSSR count). The maximum atomic E-state index is 10.8. The molecule has 92 valence electrons. The van der Waals surface area contributed by atoms with Gasteiger partial charge in [-0.1, -0.05) is 6.92 Å². The Morgan fingerprint density at radius 3 is 2.47 bits per heavy atom. The number of hydrogen-bond acceptors (Lipinski definition) is 3. The molecule has 1 unspecified atom stereocenters. The third kappa shape index (κ3) is 3.45. The Kier molecular flexibility index (Phi) is 4.51. The van der Waals surface area contributed by atoms with Crippen LogP contribution in [0.1, 0.15) is 23.7 Å². The molecular weight excluding hydrogens is 292 g/mol. The van der Waals surface area contributed by atoms with Crippen molar-refractivity contribution < 1.29 is 24.5 Å². The van der Waals surface area contributed by atoms with E-state index in [0.717, 1.165) is 0 Å². The summed E-state index contributed by atoms with van der Waals surface area (Å²) in [5.74, 6) is -1.80. The van der Waals surface area contributed by atoms with Crippen molar-refractivity contribution in [2.75, 3.05) is 0 Å². The molecule has 0 amide bonds. The molecule has 0 fully saturated rings. The van der Waals surface area contributed by atoms with Crippen molar-refractivity contribution in [1.29, 1.82) is 0 Å². The number of halogens is 1. The third-order valence-electron chi connectivity index (χ3n) is 2.09.